The third kappa shape index (κ3) is 10.8. The van der Waals surface area contributed by atoms with Crippen LogP contribution in [0.2, 0.25) is 0 Å². The Labute approximate surface area is 238 Å². The second-order valence-corrected chi connectivity index (χ2v) is 9.84. The number of para-hydroxylation sites is 1. The smallest absolute Gasteiger partial charge is 0.245 e. The Kier molecular flexibility index (Phi) is 13.7. The molecular formula is C27H41N7O7. The van der Waals surface area contributed by atoms with Crippen LogP contribution in [0, 0.1) is 0 Å². The molecule has 0 spiro atoms. The van der Waals surface area contributed by atoms with Gasteiger partial charge in [-0.2, -0.15) is 0 Å². The van der Waals surface area contributed by atoms with Gasteiger partial charge in [-0.05, 0) is 51.3 Å². The second kappa shape index (κ2) is 16.9. The average molecular weight is 576 g/mol. The molecule has 2 rings (SSSR count). The number of carbonyl (C=O) groups is 5. The van der Waals surface area contributed by atoms with E-state index >= 15 is 0 Å². The van der Waals surface area contributed by atoms with E-state index in [1.807, 2.05) is 24.3 Å². The van der Waals surface area contributed by atoms with Gasteiger partial charge in [0.05, 0.1) is 18.8 Å². The summed E-state index contributed by atoms with van der Waals surface area (Å²) in [6.07, 6.45) is 1.46. The number of aliphatic hydroxyl groups is 2. The Morgan fingerprint density at radius 2 is 1.68 bits per heavy atom. The number of hydrogen-bond acceptors (Lipinski definition) is 8. The highest BCUT2D eigenvalue weighted by molar-refractivity contribution is 5.95. The summed E-state index contributed by atoms with van der Waals surface area (Å²) in [5, 5.41) is 32.7. The van der Waals surface area contributed by atoms with Gasteiger partial charge in [0, 0.05) is 30.1 Å². The van der Waals surface area contributed by atoms with Gasteiger partial charge in [0.25, 0.3) is 0 Å². The van der Waals surface area contributed by atoms with Crippen LogP contribution in [0.15, 0.2) is 30.5 Å². The van der Waals surface area contributed by atoms with Crippen molar-refractivity contribution in [3.63, 3.8) is 0 Å². The van der Waals surface area contributed by atoms with Gasteiger partial charge in [0.2, 0.25) is 30.0 Å². The van der Waals surface area contributed by atoms with E-state index in [0.717, 1.165) is 16.5 Å². The second-order valence-electron chi connectivity index (χ2n) is 9.84. The number of fused-ring (bicyclic) bond motifs is 1. The fourth-order valence-corrected chi connectivity index (χ4v) is 4.12. The van der Waals surface area contributed by atoms with E-state index in [1.54, 1.807) is 6.20 Å². The standard InChI is InChI=1S/C27H41N7O7/c1-16(36)12-30-23(38)14-31-27(41)24(17(2)37)34-25(39)21(9-5-6-10-28)33-26(40)22(32-15-35)11-18-13-29-20-8-4-3-7-19(18)20/h3-4,7-8,13,15-17,21-22,24,29,36-37H,5-6,9-12,14,28H2,1-2H3,(H,30,38)(H,31,41)(H,32,35)(H,33,40)(H,34,39)/t16?,17?,21?,22-,24?/m1/s1. The lowest BCUT2D eigenvalue weighted by atomic mass is 10.0. The molecule has 1 aromatic heterocycles. The number of aromatic amines is 1. The minimum atomic E-state index is -1.42. The van der Waals surface area contributed by atoms with Crippen molar-refractivity contribution in [2.75, 3.05) is 19.6 Å². The minimum Gasteiger partial charge on any atom is -0.392 e. The number of carbonyl (C=O) groups excluding carboxylic acids is 5. The number of aliphatic hydroxyl groups excluding tert-OH is 2. The third-order valence-corrected chi connectivity index (χ3v) is 6.35. The molecule has 0 fully saturated rings. The van der Waals surface area contributed by atoms with Crippen molar-refractivity contribution in [3.05, 3.63) is 36.0 Å². The molecule has 0 radical (unpaired) electrons. The average Bonchev–Trinajstić information content (AvgIpc) is 3.35. The van der Waals surface area contributed by atoms with Gasteiger partial charge in [-0.1, -0.05) is 18.2 Å². The molecule has 0 bridgehead atoms. The Hall–Kier alpha value is -4.01. The maximum atomic E-state index is 13.2. The molecule has 0 aliphatic carbocycles. The number of benzene rings is 1. The number of rotatable bonds is 18. The first-order valence-electron chi connectivity index (χ1n) is 13.5. The van der Waals surface area contributed by atoms with Crippen molar-refractivity contribution >= 4 is 40.9 Å². The molecule has 5 atom stereocenters. The van der Waals surface area contributed by atoms with Crippen LogP contribution in [0.5, 0.6) is 0 Å². The summed E-state index contributed by atoms with van der Waals surface area (Å²) < 4.78 is 0. The van der Waals surface area contributed by atoms with Gasteiger partial charge < -0.3 is 47.5 Å². The number of amides is 5. The van der Waals surface area contributed by atoms with Gasteiger partial charge in [-0.25, -0.2) is 0 Å². The normalized spacial score (nSPS) is 14.7. The highest BCUT2D eigenvalue weighted by atomic mass is 16.3. The summed E-state index contributed by atoms with van der Waals surface area (Å²) in [5.41, 5.74) is 7.25. The van der Waals surface area contributed by atoms with Gasteiger partial charge in [0.1, 0.15) is 18.1 Å². The topological polar surface area (TPSA) is 228 Å². The minimum absolute atomic E-state index is 0.00425. The maximum Gasteiger partial charge on any atom is 0.245 e. The van der Waals surface area contributed by atoms with Crippen molar-refractivity contribution in [1.82, 2.24) is 31.6 Å². The fraction of sp³-hybridized carbons (Fsp3) is 0.519. The molecule has 4 unspecified atom stereocenters. The van der Waals surface area contributed by atoms with Crippen LogP contribution in [0.1, 0.15) is 38.7 Å². The number of aromatic nitrogens is 1. The first-order chi connectivity index (χ1) is 19.6. The van der Waals surface area contributed by atoms with E-state index in [2.05, 4.69) is 31.6 Å². The van der Waals surface area contributed by atoms with Crippen LogP contribution in [0.25, 0.3) is 10.9 Å². The molecule has 2 aromatic rings. The Morgan fingerprint density at radius 1 is 0.976 bits per heavy atom. The molecule has 1 aromatic carbocycles. The molecule has 41 heavy (non-hydrogen) atoms. The van der Waals surface area contributed by atoms with E-state index in [-0.39, 0.29) is 19.4 Å². The van der Waals surface area contributed by atoms with Crippen molar-refractivity contribution < 1.29 is 34.2 Å². The highest BCUT2D eigenvalue weighted by Crippen LogP contribution is 2.19. The van der Waals surface area contributed by atoms with Crippen LogP contribution in [-0.4, -0.2) is 95.2 Å². The van der Waals surface area contributed by atoms with E-state index < -0.39 is 60.5 Å². The van der Waals surface area contributed by atoms with Crippen LogP contribution >= 0.6 is 0 Å². The monoisotopic (exact) mass is 575 g/mol. The molecule has 5 amide bonds. The summed E-state index contributed by atoms with van der Waals surface area (Å²) in [7, 11) is 0. The SMILES string of the molecule is CC(O)CNC(=O)CNC(=O)C(NC(=O)C(CCCCN)NC(=O)[C@@H](Cc1c[nH]c2ccccc12)NC=O)C(C)O. The Bertz CT molecular complexity index is 1170. The van der Waals surface area contributed by atoms with Crippen molar-refractivity contribution in [2.24, 2.45) is 5.73 Å². The highest BCUT2D eigenvalue weighted by Gasteiger charge is 2.31. The van der Waals surface area contributed by atoms with Crippen LogP contribution in [0.3, 0.4) is 0 Å². The zero-order chi connectivity index (χ0) is 30.4. The summed E-state index contributed by atoms with van der Waals surface area (Å²) in [5.74, 6) is -2.71. The summed E-state index contributed by atoms with van der Waals surface area (Å²) in [6.45, 7) is 2.71. The number of unbranched alkanes of at least 4 members (excludes halogenated alkanes) is 1. The largest absolute Gasteiger partial charge is 0.392 e. The van der Waals surface area contributed by atoms with Crippen molar-refractivity contribution in [1.29, 1.82) is 0 Å². The zero-order valence-electron chi connectivity index (χ0n) is 23.3. The predicted octanol–water partition coefficient (Wildman–Crippen LogP) is -2.08. The van der Waals surface area contributed by atoms with Crippen LogP contribution < -0.4 is 32.3 Å². The van der Waals surface area contributed by atoms with Crippen molar-refractivity contribution in [2.45, 2.75) is 69.9 Å². The Balaban J connectivity index is 2.11. The maximum absolute atomic E-state index is 13.2. The number of nitrogens with one attached hydrogen (secondary N) is 6. The quantitative estimate of drug-likeness (QED) is 0.0706. The summed E-state index contributed by atoms with van der Waals surface area (Å²) in [6, 6.07) is 3.98. The first kappa shape index (κ1) is 33.2. The Morgan fingerprint density at radius 3 is 2.34 bits per heavy atom. The predicted molar refractivity (Wildman–Crippen MR) is 151 cm³/mol. The van der Waals surface area contributed by atoms with Gasteiger partial charge >= 0.3 is 0 Å². The molecule has 0 aliphatic rings. The molecule has 14 heteroatoms. The number of hydrogen-bond donors (Lipinski definition) is 9. The lowest BCUT2D eigenvalue weighted by Gasteiger charge is -2.26. The fourth-order valence-electron chi connectivity index (χ4n) is 4.12. The molecule has 10 N–H and O–H groups in total. The van der Waals surface area contributed by atoms with Crippen LogP contribution in [0.4, 0.5) is 0 Å². The van der Waals surface area contributed by atoms with Crippen LogP contribution in [-0.2, 0) is 30.4 Å². The van der Waals surface area contributed by atoms with Gasteiger partial charge in [-0.15, -0.1) is 0 Å². The lowest BCUT2D eigenvalue weighted by molar-refractivity contribution is -0.135. The molecule has 14 nitrogen and oxygen atoms in total. The van der Waals surface area contributed by atoms with E-state index in [4.69, 9.17) is 5.73 Å². The number of H-pyrrole nitrogens is 1. The van der Waals surface area contributed by atoms with Crippen molar-refractivity contribution in [3.8, 4) is 0 Å². The molecule has 226 valence electrons. The van der Waals surface area contributed by atoms with E-state index in [9.17, 15) is 34.2 Å². The summed E-state index contributed by atoms with van der Waals surface area (Å²) in [4.78, 5) is 65.5. The number of nitrogens with two attached hydrogens (primary N) is 1. The van der Waals surface area contributed by atoms with Gasteiger partial charge in [0.15, 0.2) is 0 Å². The molecular weight excluding hydrogens is 534 g/mol. The van der Waals surface area contributed by atoms with Gasteiger partial charge in [-0.3, -0.25) is 24.0 Å². The molecule has 0 aliphatic heterocycles. The third-order valence-electron chi connectivity index (χ3n) is 6.35. The summed E-state index contributed by atoms with van der Waals surface area (Å²) >= 11 is 0. The lowest BCUT2D eigenvalue weighted by Crippen LogP contribution is -2.59. The van der Waals surface area contributed by atoms with E-state index in [1.165, 1.54) is 13.8 Å². The molecule has 1 heterocycles. The molecule has 0 saturated carbocycles. The molecule has 0 saturated heterocycles. The zero-order valence-corrected chi connectivity index (χ0v) is 23.3. The van der Waals surface area contributed by atoms with E-state index in [0.29, 0.717) is 25.8 Å². The first-order valence-corrected chi connectivity index (χ1v) is 13.5.